The maximum absolute atomic E-state index is 5.66. The lowest BCUT2D eigenvalue weighted by Gasteiger charge is -2.02. The third kappa shape index (κ3) is 1.92. The summed E-state index contributed by atoms with van der Waals surface area (Å²) in [4.78, 5) is 0. The van der Waals surface area contributed by atoms with E-state index in [0.29, 0.717) is 0 Å². The van der Waals surface area contributed by atoms with Crippen LogP contribution in [-0.2, 0) is 0 Å². The normalized spacial score (nSPS) is 10.6. The maximum Gasteiger partial charge on any atom is 0.113 e. The van der Waals surface area contributed by atoms with E-state index >= 15 is 0 Å². The lowest BCUT2D eigenvalue weighted by molar-refractivity contribution is 1.08. The van der Waals surface area contributed by atoms with E-state index in [9.17, 15) is 0 Å². The fraction of sp³-hybridized carbons (Fsp3) is 0. The average Bonchev–Trinajstić information content (AvgIpc) is 2.39. The predicted molar refractivity (Wildman–Crippen MR) is 70.4 cm³/mol. The minimum absolute atomic E-state index is 0.752. The van der Waals surface area contributed by atoms with Crippen LogP contribution in [0.2, 0.25) is 0 Å². The number of aromatic nitrogens is 2. The molecule has 0 saturated carbocycles. The molecule has 2 nitrogen and oxygen atoms in total. The standard InChI is InChI=1S/C14H9BN2/c15-12-7-5-10(6-8-12)14-9-11-3-1-2-4-13(11)16-17-14/h1-9H. The fourth-order valence-corrected chi connectivity index (χ4v) is 1.78. The molecule has 0 fully saturated rings. The molecule has 0 unspecified atom stereocenters. The molecule has 3 rings (SSSR count). The number of rotatable bonds is 1. The van der Waals surface area contributed by atoms with Gasteiger partial charge in [-0.1, -0.05) is 47.9 Å². The number of benzene rings is 2. The molecular weight excluding hydrogens is 207 g/mol. The summed E-state index contributed by atoms with van der Waals surface area (Å²) in [7, 11) is 5.66. The van der Waals surface area contributed by atoms with E-state index in [1.807, 2.05) is 54.6 Å². The van der Waals surface area contributed by atoms with Gasteiger partial charge in [-0.2, -0.15) is 0 Å². The van der Waals surface area contributed by atoms with Crippen LogP contribution in [0.3, 0.4) is 0 Å². The van der Waals surface area contributed by atoms with Crippen LogP contribution in [-0.4, -0.2) is 18.0 Å². The third-order valence-corrected chi connectivity index (χ3v) is 2.70. The van der Waals surface area contributed by atoms with Crippen molar-refractivity contribution in [3.05, 3.63) is 54.6 Å². The molecule has 1 aromatic heterocycles. The summed E-state index contributed by atoms with van der Waals surface area (Å²) in [5.41, 5.74) is 3.55. The Hall–Kier alpha value is -2.16. The van der Waals surface area contributed by atoms with Crippen LogP contribution >= 0.6 is 0 Å². The van der Waals surface area contributed by atoms with Gasteiger partial charge in [-0.3, -0.25) is 0 Å². The Balaban J connectivity index is 2.14. The molecule has 0 bridgehead atoms. The van der Waals surface area contributed by atoms with Crippen LogP contribution < -0.4 is 5.46 Å². The van der Waals surface area contributed by atoms with Crippen LogP contribution in [0.1, 0.15) is 0 Å². The van der Waals surface area contributed by atoms with Crippen LogP contribution in [0.4, 0.5) is 0 Å². The molecule has 78 valence electrons. The van der Waals surface area contributed by atoms with Crippen LogP contribution in [0.5, 0.6) is 0 Å². The SMILES string of the molecule is [B]c1ccc(-c2cc3ccccc3nn2)cc1. The Morgan fingerprint density at radius 2 is 1.59 bits per heavy atom. The highest BCUT2D eigenvalue weighted by atomic mass is 15.1. The molecule has 0 atom stereocenters. The first-order chi connectivity index (χ1) is 8.33. The molecule has 0 aliphatic heterocycles. The molecule has 2 radical (unpaired) electrons. The summed E-state index contributed by atoms with van der Waals surface area (Å²) in [5.74, 6) is 0. The van der Waals surface area contributed by atoms with E-state index < -0.39 is 0 Å². The van der Waals surface area contributed by atoms with Crippen molar-refractivity contribution in [1.29, 1.82) is 0 Å². The lowest BCUT2D eigenvalue weighted by Crippen LogP contribution is -1.99. The second kappa shape index (κ2) is 4.02. The quantitative estimate of drug-likeness (QED) is 0.582. The Bertz CT molecular complexity index is 662. The number of nitrogens with zero attached hydrogens (tertiary/aromatic N) is 2. The van der Waals surface area contributed by atoms with Crippen molar-refractivity contribution in [3.63, 3.8) is 0 Å². The van der Waals surface area contributed by atoms with Crippen molar-refractivity contribution in [3.8, 4) is 11.3 Å². The van der Waals surface area contributed by atoms with Crippen molar-refractivity contribution in [2.24, 2.45) is 0 Å². The molecule has 0 N–H and O–H groups in total. The average molecular weight is 216 g/mol. The summed E-state index contributed by atoms with van der Waals surface area (Å²) in [6.07, 6.45) is 0. The molecule has 0 spiro atoms. The minimum atomic E-state index is 0.752. The summed E-state index contributed by atoms with van der Waals surface area (Å²) >= 11 is 0. The van der Waals surface area contributed by atoms with Gasteiger partial charge in [-0.15, -0.1) is 10.2 Å². The first kappa shape index (κ1) is 10.0. The van der Waals surface area contributed by atoms with E-state index in [2.05, 4.69) is 10.2 Å². The van der Waals surface area contributed by atoms with Crippen molar-refractivity contribution >= 4 is 24.2 Å². The molecule has 0 aliphatic carbocycles. The van der Waals surface area contributed by atoms with E-state index in [0.717, 1.165) is 27.6 Å². The number of fused-ring (bicyclic) bond motifs is 1. The van der Waals surface area contributed by atoms with E-state index in [-0.39, 0.29) is 0 Å². The third-order valence-electron chi connectivity index (χ3n) is 2.70. The van der Waals surface area contributed by atoms with Gasteiger partial charge in [0.25, 0.3) is 0 Å². The van der Waals surface area contributed by atoms with Crippen LogP contribution in [0.25, 0.3) is 22.2 Å². The van der Waals surface area contributed by atoms with Gasteiger partial charge in [0.05, 0.1) is 11.2 Å². The molecule has 3 aromatic rings. The zero-order chi connectivity index (χ0) is 11.7. The first-order valence-corrected chi connectivity index (χ1v) is 5.41. The zero-order valence-corrected chi connectivity index (χ0v) is 9.17. The van der Waals surface area contributed by atoms with Gasteiger partial charge < -0.3 is 0 Å². The molecule has 2 aromatic carbocycles. The van der Waals surface area contributed by atoms with Gasteiger partial charge in [-0.05, 0) is 12.1 Å². The lowest BCUT2D eigenvalue weighted by atomic mass is 9.95. The van der Waals surface area contributed by atoms with Gasteiger partial charge >= 0.3 is 0 Å². The Kier molecular flexibility index (Phi) is 2.37. The topological polar surface area (TPSA) is 25.8 Å². The van der Waals surface area contributed by atoms with Crippen molar-refractivity contribution in [1.82, 2.24) is 10.2 Å². The van der Waals surface area contributed by atoms with Gasteiger partial charge in [0, 0.05) is 10.9 Å². The maximum atomic E-state index is 5.66. The second-order valence-electron chi connectivity index (χ2n) is 3.91. The summed E-state index contributed by atoms with van der Waals surface area (Å²) in [6.45, 7) is 0. The molecule has 0 amide bonds. The minimum Gasteiger partial charge on any atom is -0.150 e. The smallest absolute Gasteiger partial charge is 0.113 e. The summed E-state index contributed by atoms with van der Waals surface area (Å²) < 4.78 is 0. The highest BCUT2D eigenvalue weighted by molar-refractivity contribution is 6.32. The summed E-state index contributed by atoms with van der Waals surface area (Å²) in [6, 6.07) is 17.6. The highest BCUT2D eigenvalue weighted by Gasteiger charge is 2.01. The first-order valence-electron chi connectivity index (χ1n) is 5.41. The highest BCUT2D eigenvalue weighted by Crippen LogP contribution is 2.19. The predicted octanol–water partition coefficient (Wildman–Crippen LogP) is 2.09. The zero-order valence-electron chi connectivity index (χ0n) is 9.17. The molecular formula is C14H9BN2. The Morgan fingerprint density at radius 1 is 0.824 bits per heavy atom. The molecule has 0 saturated heterocycles. The second-order valence-corrected chi connectivity index (χ2v) is 3.91. The van der Waals surface area contributed by atoms with Crippen LogP contribution in [0.15, 0.2) is 54.6 Å². The van der Waals surface area contributed by atoms with Crippen molar-refractivity contribution in [2.75, 3.05) is 0 Å². The van der Waals surface area contributed by atoms with E-state index in [1.54, 1.807) is 0 Å². The monoisotopic (exact) mass is 216 g/mol. The van der Waals surface area contributed by atoms with E-state index in [4.69, 9.17) is 7.85 Å². The number of hydrogen-bond acceptors (Lipinski definition) is 2. The van der Waals surface area contributed by atoms with Gasteiger partial charge in [-0.25, -0.2) is 0 Å². The molecule has 0 aliphatic rings. The van der Waals surface area contributed by atoms with Crippen molar-refractivity contribution < 1.29 is 0 Å². The molecule has 3 heteroatoms. The number of hydrogen-bond donors (Lipinski definition) is 0. The Labute approximate surface area is 101 Å². The van der Waals surface area contributed by atoms with Gasteiger partial charge in [0.2, 0.25) is 0 Å². The molecule has 17 heavy (non-hydrogen) atoms. The summed E-state index contributed by atoms with van der Waals surface area (Å²) in [5, 5.41) is 9.51. The van der Waals surface area contributed by atoms with Gasteiger partial charge in [0.15, 0.2) is 0 Å². The largest absolute Gasteiger partial charge is 0.150 e. The van der Waals surface area contributed by atoms with Gasteiger partial charge in [0.1, 0.15) is 7.85 Å². The van der Waals surface area contributed by atoms with Crippen molar-refractivity contribution in [2.45, 2.75) is 0 Å². The van der Waals surface area contributed by atoms with Crippen LogP contribution in [0, 0.1) is 0 Å². The molecule has 1 heterocycles. The Morgan fingerprint density at radius 3 is 2.41 bits per heavy atom. The fourth-order valence-electron chi connectivity index (χ4n) is 1.78. The van der Waals surface area contributed by atoms with E-state index in [1.165, 1.54) is 0 Å².